The van der Waals surface area contributed by atoms with Crippen molar-refractivity contribution in [2.75, 3.05) is 20.0 Å². The lowest BCUT2D eigenvalue weighted by Crippen LogP contribution is -2.13. The van der Waals surface area contributed by atoms with Gasteiger partial charge in [-0.25, -0.2) is 0 Å². The third-order valence-corrected chi connectivity index (χ3v) is 3.05. The number of benzene rings is 1. The minimum Gasteiger partial charge on any atom is -0.497 e. The van der Waals surface area contributed by atoms with Crippen LogP contribution in [0.5, 0.6) is 11.5 Å². The molecule has 20 heavy (non-hydrogen) atoms. The number of anilines is 1. The van der Waals surface area contributed by atoms with Crippen LogP contribution in [0.1, 0.15) is 23.0 Å². The van der Waals surface area contributed by atoms with Crippen LogP contribution < -0.4 is 15.2 Å². The number of carbonyl (C=O) groups excluding carboxylic acids is 1. The highest BCUT2D eigenvalue weighted by atomic mass is 16.5. The number of ketones is 1. The monoisotopic (exact) mass is 275 g/mol. The lowest BCUT2D eigenvalue weighted by Gasteiger charge is -2.10. The van der Waals surface area contributed by atoms with Gasteiger partial charge in [0, 0.05) is 12.2 Å². The van der Waals surface area contributed by atoms with E-state index in [1.807, 2.05) is 6.92 Å². The number of methoxy groups -OCH3 is 2. The van der Waals surface area contributed by atoms with Crippen molar-refractivity contribution in [3.63, 3.8) is 0 Å². The average molecular weight is 275 g/mol. The van der Waals surface area contributed by atoms with Gasteiger partial charge in [0.05, 0.1) is 26.0 Å². The summed E-state index contributed by atoms with van der Waals surface area (Å²) in [5.74, 6) is 0.765. The molecule has 2 N–H and O–H groups in total. The summed E-state index contributed by atoms with van der Waals surface area (Å²) in [6.45, 7) is 2.46. The summed E-state index contributed by atoms with van der Waals surface area (Å²) in [4.78, 5) is 12.7. The Hall–Kier alpha value is -2.50. The molecule has 1 heterocycles. The second kappa shape index (κ2) is 5.64. The third kappa shape index (κ3) is 2.32. The predicted octanol–water partition coefficient (Wildman–Crippen LogP) is 1.73. The quantitative estimate of drug-likeness (QED) is 0.664. The molecule has 0 aliphatic rings. The maximum absolute atomic E-state index is 12.7. The molecule has 0 aliphatic carbocycles. The van der Waals surface area contributed by atoms with E-state index in [0.717, 1.165) is 0 Å². The number of rotatable bonds is 5. The first-order valence-corrected chi connectivity index (χ1v) is 6.20. The van der Waals surface area contributed by atoms with Crippen LogP contribution in [-0.4, -0.2) is 29.8 Å². The molecule has 0 fully saturated rings. The molecule has 6 heteroatoms. The Morgan fingerprint density at radius 3 is 2.70 bits per heavy atom. The van der Waals surface area contributed by atoms with Gasteiger partial charge in [0.2, 0.25) is 5.78 Å². The largest absolute Gasteiger partial charge is 0.497 e. The average Bonchev–Trinajstić information content (AvgIpc) is 2.90. The van der Waals surface area contributed by atoms with E-state index >= 15 is 0 Å². The van der Waals surface area contributed by atoms with Crippen molar-refractivity contribution in [3.05, 3.63) is 35.7 Å². The van der Waals surface area contributed by atoms with Crippen molar-refractivity contribution in [3.8, 4) is 11.5 Å². The molecule has 2 rings (SSSR count). The maximum atomic E-state index is 12.7. The first kappa shape index (κ1) is 13.9. The van der Waals surface area contributed by atoms with Gasteiger partial charge in [-0.05, 0) is 25.1 Å². The molecule has 0 bridgehead atoms. The third-order valence-electron chi connectivity index (χ3n) is 3.05. The van der Waals surface area contributed by atoms with Gasteiger partial charge in [0.25, 0.3) is 0 Å². The number of hydrogen-bond acceptors (Lipinski definition) is 5. The van der Waals surface area contributed by atoms with Crippen LogP contribution in [0.3, 0.4) is 0 Å². The van der Waals surface area contributed by atoms with Crippen LogP contribution in [0.15, 0.2) is 24.4 Å². The van der Waals surface area contributed by atoms with E-state index in [4.69, 9.17) is 15.2 Å². The molecule has 0 atom stereocenters. The highest BCUT2D eigenvalue weighted by molar-refractivity contribution is 6.12. The number of hydrogen-bond donors (Lipinski definition) is 1. The SMILES string of the molecule is CCn1ncc(OC)c1C(=O)c1cc(OC)ccc1N. The number of ether oxygens (including phenoxy) is 2. The summed E-state index contributed by atoms with van der Waals surface area (Å²) < 4.78 is 11.9. The summed E-state index contributed by atoms with van der Waals surface area (Å²) >= 11 is 0. The molecule has 0 amide bonds. The number of aromatic nitrogens is 2. The fraction of sp³-hybridized carbons (Fsp3) is 0.286. The first-order chi connectivity index (χ1) is 9.62. The molecule has 0 unspecified atom stereocenters. The first-order valence-electron chi connectivity index (χ1n) is 6.20. The van der Waals surface area contributed by atoms with Crippen LogP contribution in [0.25, 0.3) is 0 Å². The lowest BCUT2D eigenvalue weighted by molar-refractivity contribution is 0.102. The summed E-state index contributed by atoms with van der Waals surface area (Å²) in [6, 6.07) is 4.97. The van der Waals surface area contributed by atoms with Crippen LogP contribution in [-0.2, 0) is 6.54 Å². The maximum Gasteiger partial charge on any atom is 0.217 e. The molecule has 1 aromatic heterocycles. The van der Waals surface area contributed by atoms with Crippen LogP contribution in [0, 0.1) is 0 Å². The molecular formula is C14H17N3O3. The van der Waals surface area contributed by atoms with Gasteiger partial charge < -0.3 is 15.2 Å². The van der Waals surface area contributed by atoms with E-state index < -0.39 is 0 Å². The van der Waals surface area contributed by atoms with Crippen molar-refractivity contribution in [1.82, 2.24) is 9.78 Å². The van der Waals surface area contributed by atoms with Crippen LogP contribution in [0.2, 0.25) is 0 Å². The lowest BCUT2D eigenvalue weighted by atomic mass is 10.1. The van der Waals surface area contributed by atoms with E-state index in [0.29, 0.717) is 35.0 Å². The Bertz CT molecular complexity index is 613. The topological polar surface area (TPSA) is 79.4 Å². The minimum atomic E-state index is -0.238. The summed E-state index contributed by atoms with van der Waals surface area (Å²) in [5.41, 5.74) is 7.04. The zero-order chi connectivity index (χ0) is 14.7. The van der Waals surface area contributed by atoms with Crippen LogP contribution in [0.4, 0.5) is 5.69 Å². The van der Waals surface area contributed by atoms with Gasteiger partial charge in [-0.3, -0.25) is 9.48 Å². The van der Waals surface area contributed by atoms with Crippen molar-refractivity contribution in [2.24, 2.45) is 0 Å². The van der Waals surface area contributed by atoms with Crippen molar-refractivity contribution >= 4 is 11.5 Å². The van der Waals surface area contributed by atoms with Gasteiger partial charge in [0.15, 0.2) is 11.4 Å². The van der Waals surface area contributed by atoms with Gasteiger partial charge in [-0.2, -0.15) is 5.10 Å². The highest BCUT2D eigenvalue weighted by Crippen LogP contribution is 2.26. The van der Waals surface area contributed by atoms with Gasteiger partial charge >= 0.3 is 0 Å². The minimum absolute atomic E-state index is 0.238. The van der Waals surface area contributed by atoms with E-state index in [1.165, 1.54) is 20.4 Å². The van der Waals surface area contributed by atoms with Gasteiger partial charge in [-0.15, -0.1) is 0 Å². The molecule has 0 saturated heterocycles. The molecule has 106 valence electrons. The zero-order valence-corrected chi connectivity index (χ0v) is 11.7. The molecule has 0 spiro atoms. The normalized spacial score (nSPS) is 10.3. The van der Waals surface area contributed by atoms with Gasteiger partial charge in [-0.1, -0.05) is 0 Å². The molecule has 0 radical (unpaired) electrons. The number of carbonyl (C=O) groups is 1. The van der Waals surface area contributed by atoms with E-state index in [9.17, 15) is 4.79 Å². The predicted molar refractivity (Wildman–Crippen MR) is 75.3 cm³/mol. The van der Waals surface area contributed by atoms with E-state index in [-0.39, 0.29) is 5.78 Å². The van der Waals surface area contributed by atoms with Crippen molar-refractivity contribution in [2.45, 2.75) is 13.5 Å². The Morgan fingerprint density at radius 2 is 2.10 bits per heavy atom. The number of nitrogens with two attached hydrogens (primary N) is 1. The van der Waals surface area contributed by atoms with Crippen molar-refractivity contribution in [1.29, 1.82) is 0 Å². The Labute approximate surface area is 117 Å². The second-order valence-corrected chi connectivity index (χ2v) is 4.16. The fourth-order valence-corrected chi connectivity index (χ4v) is 1.97. The Kier molecular flexibility index (Phi) is 3.93. The fourth-order valence-electron chi connectivity index (χ4n) is 1.97. The summed E-state index contributed by atoms with van der Waals surface area (Å²) in [7, 11) is 3.04. The van der Waals surface area contributed by atoms with E-state index in [2.05, 4.69) is 5.10 Å². The summed E-state index contributed by atoms with van der Waals surface area (Å²) in [5, 5.41) is 4.12. The van der Waals surface area contributed by atoms with Gasteiger partial charge in [0.1, 0.15) is 5.75 Å². The second-order valence-electron chi connectivity index (χ2n) is 4.16. The molecule has 0 saturated carbocycles. The number of aryl methyl sites for hydroxylation is 1. The molecule has 0 aliphatic heterocycles. The summed E-state index contributed by atoms with van der Waals surface area (Å²) in [6.07, 6.45) is 1.52. The van der Waals surface area contributed by atoms with E-state index in [1.54, 1.807) is 22.9 Å². The standard InChI is InChI=1S/C14H17N3O3/c1-4-17-13(12(20-3)8-16-17)14(18)10-7-9(19-2)5-6-11(10)15/h5-8H,4,15H2,1-3H3. The molecular weight excluding hydrogens is 258 g/mol. The Morgan fingerprint density at radius 1 is 1.35 bits per heavy atom. The smallest absolute Gasteiger partial charge is 0.217 e. The molecule has 1 aromatic carbocycles. The number of nitrogen functional groups attached to an aromatic ring is 1. The van der Waals surface area contributed by atoms with Crippen LogP contribution >= 0.6 is 0 Å². The van der Waals surface area contributed by atoms with Crippen molar-refractivity contribution < 1.29 is 14.3 Å². The highest BCUT2D eigenvalue weighted by Gasteiger charge is 2.22. The number of nitrogens with zero attached hydrogens (tertiary/aromatic N) is 2. The zero-order valence-electron chi connectivity index (χ0n) is 11.7. The Balaban J connectivity index is 2.53. The molecule has 2 aromatic rings. The molecule has 6 nitrogen and oxygen atoms in total.